The molecular formula is C20H31ClOSi. The van der Waals surface area contributed by atoms with Crippen LogP contribution in [-0.2, 0) is 9.30 Å². The Labute approximate surface area is 149 Å². The van der Waals surface area contributed by atoms with E-state index >= 15 is 0 Å². The van der Waals surface area contributed by atoms with Crippen LogP contribution in [0.2, 0.25) is 0 Å². The van der Waals surface area contributed by atoms with Gasteiger partial charge in [0, 0.05) is 0 Å². The first-order valence-electron chi connectivity index (χ1n) is 9.54. The first-order chi connectivity index (χ1) is 11.3. The van der Waals surface area contributed by atoms with Crippen molar-refractivity contribution in [2.24, 2.45) is 11.8 Å². The van der Waals surface area contributed by atoms with Crippen molar-refractivity contribution in [3.63, 3.8) is 0 Å². The summed E-state index contributed by atoms with van der Waals surface area (Å²) in [7, 11) is 0.774. The van der Waals surface area contributed by atoms with Crippen molar-refractivity contribution in [1.29, 1.82) is 0 Å². The smallest absolute Gasteiger partial charge is 0.146 e. The quantitative estimate of drug-likeness (QED) is 0.539. The van der Waals surface area contributed by atoms with E-state index in [4.69, 9.17) is 16.0 Å². The largest absolute Gasteiger partial charge is 0.423 e. The summed E-state index contributed by atoms with van der Waals surface area (Å²) in [6.45, 7) is 0. The molecule has 0 aliphatic heterocycles. The van der Waals surface area contributed by atoms with Crippen LogP contribution in [0.5, 0.6) is 0 Å². The van der Waals surface area contributed by atoms with Gasteiger partial charge in [-0.3, -0.25) is 0 Å². The monoisotopic (exact) mass is 350 g/mol. The van der Waals surface area contributed by atoms with Gasteiger partial charge < -0.3 is 4.43 Å². The van der Waals surface area contributed by atoms with E-state index in [0.717, 1.165) is 10.5 Å². The average Bonchev–Trinajstić information content (AvgIpc) is 2.64. The number of halogens is 1. The zero-order valence-corrected chi connectivity index (χ0v) is 17.2. The molecular weight excluding hydrogens is 320 g/mol. The summed E-state index contributed by atoms with van der Waals surface area (Å²) in [5.74, 6) is 1.20. The molecule has 2 saturated carbocycles. The zero-order valence-electron chi connectivity index (χ0n) is 14.5. The van der Waals surface area contributed by atoms with Crippen molar-refractivity contribution in [1.82, 2.24) is 0 Å². The molecule has 0 radical (unpaired) electrons. The molecule has 3 rings (SSSR count). The second-order valence-electron chi connectivity index (χ2n) is 7.52. The molecule has 3 heteroatoms. The van der Waals surface area contributed by atoms with Crippen molar-refractivity contribution in [3.05, 3.63) is 35.9 Å². The molecule has 2 aliphatic rings. The summed E-state index contributed by atoms with van der Waals surface area (Å²) in [5, 5.41) is 0. The lowest BCUT2D eigenvalue weighted by molar-refractivity contribution is 0.0407. The predicted molar refractivity (Wildman–Crippen MR) is 102 cm³/mol. The van der Waals surface area contributed by atoms with Crippen LogP contribution in [0.3, 0.4) is 0 Å². The molecule has 1 nitrogen and oxygen atoms in total. The summed E-state index contributed by atoms with van der Waals surface area (Å²) in [6, 6.07) is 10.8. The maximum Gasteiger partial charge on any atom is 0.146 e. The van der Waals surface area contributed by atoms with Gasteiger partial charge in [-0.15, -0.1) is 11.6 Å². The van der Waals surface area contributed by atoms with E-state index in [1.165, 1.54) is 69.8 Å². The van der Waals surface area contributed by atoms with Gasteiger partial charge in [0.1, 0.15) is 10.5 Å². The van der Waals surface area contributed by atoms with Crippen LogP contribution in [0.1, 0.15) is 69.8 Å². The summed E-state index contributed by atoms with van der Waals surface area (Å²) in [4.78, 5) is -0.328. The maximum atomic E-state index is 7.54. The van der Waals surface area contributed by atoms with Gasteiger partial charge in [-0.05, 0) is 43.1 Å². The van der Waals surface area contributed by atoms with Gasteiger partial charge in [0.25, 0.3) is 0 Å². The van der Waals surface area contributed by atoms with Crippen LogP contribution in [-0.4, -0.2) is 16.6 Å². The molecule has 0 N–H and O–H groups in total. The normalized spacial score (nSPS) is 25.1. The Bertz CT molecular complexity index is 468. The second-order valence-corrected chi connectivity index (χ2v) is 8.62. The molecule has 2 aliphatic carbocycles. The first-order valence-corrected chi connectivity index (χ1v) is 10.7. The van der Waals surface area contributed by atoms with Crippen molar-refractivity contribution >= 4 is 22.1 Å². The highest BCUT2D eigenvalue weighted by Gasteiger charge is 2.48. The zero-order chi connectivity index (χ0) is 16.1. The third kappa shape index (κ3) is 3.70. The third-order valence-corrected chi connectivity index (χ3v) is 7.41. The first kappa shape index (κ1) is 17.5. The van der Waals surface area contributed by atoms with Gasteiger partial charge >= 0.3 is 0 Å². The highest BCUT2D eigenvalue weighted by Crippen LogP contribution is 2.51. The van der Waals surface area contributed by atoms with Crippen LogP contribution >= 0.6 is 11.6 Å². The minimum atomic E-state index is -0.328. The Balaban J connectivity index is 1.95. The van der Waals surface area contributed by atoms with Gasteiger partial charge in [0.15, 0.2) is 0 Å². The minimum absolute atomic E-state index is 0.196. The van der Waals surface area contributed by atoms with Crippen molar-refractivity contribution in [3.8, 4) is 0 Å². The average molecular weight is 351 g/mol. The van der Waals surface area contributed by atoms with Crippen molar-refractivity contribution in [2.75, 3.05) is 0 Å². The van der Waals surface area contributed by atoms with E-state index in [-0.39, 0.29) is 11.0 Å². The third-order valence-electron chi connectivity index (χ3n) is 6.16. The molecule has 23 heavy (non-hydrogen) atoms. The lowest BCUT2D eigenvalue weighted by Crippen LogP contribution is -2.48. The predicted octanol–water partition coefficient (Wildman–Crippen LogP) is 4.95. The Morgan fingerprint density at radius 3 is 2.04 bits per heavy atom. The van der Waals surface area contributed by atoms with Crippen LogP contribution < -0.4 is 0 Å². The summed E-state index contributed by atoms with van der Waals surface area (Å²) in [6.07, 6.45) is 13.4. The van der Waals surface area contributed by atoms with Crippen LogP contribution in [0.25, 0.3) is 0 Å². The SMILES string of the molecule is [SiH3]OC(C1CCCCC1)C(Cl)(c1ccccc1)C1CCCCC1. The van der Waals surface area contributed by atoms with E-state index in [1.54, 1.807) is 0 Å². The molecule has 0 saturated heterocycles. The van der Waals surface area contributed by atoms with Crippen LogP contribution in [0, 0.1) is 11.8 Å². The fourth-order valence-corrected chi connectivity index (χ4v) is 6.51. The molecule has 2 unspecified atom stereocenters. The fourth-order valence-electron chi connectivity index (χ4n) is 4.99. The molecule has 1 aromatic carbocycles. The van der Waals surface area contributed by atoms with Gasteiger partial charge in [-0.2, -0.15) is 0 Å². The Hall–Kier alpha value is -0.313. The fraction of sp³-hybridized carbons (Fsp3) is 0.700. The lowest BCUT2D eigenvalue weighted by Gasteiger charge is -2.47. The van der Waals surface area contributed by atoms with Gasteiger partial charge in [0.05, 0.1) is 11.0 Å². The highest BCUT2D eigenvalue weighted by molar-refractivity contribution is 6.25. The van der Waals surface area contributed by atoms with Crippen LogP contribution in [0.15, 0.2) is 30.3 Å². The Kier molecular flexibility index (Phi) is 6.23. The van der Waals surface area contributed by atoms with Gasteiger partial charge in [0.2, 0.25) is 0 Å². The van der Waals surface area contributed by atoms with Gasteiger partial charge in [-0.1, -0.05) is 68.9 Å². The number of hydrogen-bond donors (Lipinski definition) is 0. The van der Waals surface area contributed by atoms with Crippen molar-refractivity contribution in [2.45, 2.75) is 75.2 Å². The Morgan fingerprint density at radius 2 is 1.48 bits per heavy atom. The van der Waals surface area contributed by atoms with E-state index < -0.39 is 0 Å². The highest BCUT2D eigenvalue weighted by atomic mass is 35.5. The van der Waals surface area contributed by atoms with E-state index in [2.05, 4.69) is 30.3 Å². The summed E-state index contributed by atoms with van der Waals surface area (Å²) in [5.41, 5.74) is 1.29. The molecule has 128 valence electrons. The molecule has 0 heterocycles. The van der Waals surface area contributed by atoms with E-state index in [0.29, 0.717) is 11.8 Å². The molecule has 2 fully saturated rings. The molecule has 0 aromatic heterocycles. The molecule has 0 spiro atoms. The summed E-state index contributed by atoms with van der Waals surface area (Å²) < 4.78 is 6.27. The van der Waals surface area contributed by atoms with Crippen molar-refractivity contribution < 1.29 is 4.43 Å². The number of alkyl halides is 1. The maximum absolute atomic E-state index is 7.54. The molecule has 1 aromatic rings. The molecule has 0 bridgehead atoms. The topological polar surface area (TPSA) is 9.23 Å². The molecule has 2 atom stereocenters. The standard InChI is InChI=1S/C20H31ClOSi/c21-20(17-12-6-2-7-13-17,18-14-8-3-9-15-18)19(22-23)16-10-4-1-5-11-16/h2,6-7,12-13,16,18-19H,1,3-5,8-11,14-15H2,23H3. The Morgan fingerprint density at radius 1 is 0.913 bits per heavy atom. The number of rotatable bonds is 5. The van der Waals surface area contributed by atoms with Crippen LogP contribution in [0.4, 0.5) is 0 Å². The summed E-state index contributed by atoms with van der Waals surface area (Å²) >= 11 is 7.54. The lowest BCUT2D eigenvalue weighted by atomic mass is 9.68. The number of benzene rings is 1. The molecule has 0 amide bonds. The van der Waals surface area contributed by atoms with E-state index in [9.17, 15) is 0 Å². The van der Waals surface area contributed by atoms with Gasteiger partial charge in [-0.25, -0.2) is 0 Å². The minimum Gasteiger partial charge on any atom is -0.423 e. The second kappa shape index (κ2) is 8.18. The number of hydrogen-bond acceptors (Lipinski definition) is 1. The van der Waals surface area contributed by atoms with E-state index in [1.807, 2.05) is 0 Å².